The predicted octanol–water partition coefficient (Wildman–Crippen LogP) is 3.92. The molecule has 4 rings (SSSR count). The summed E-state index contributed by atoms with van der Waals surface area (Å²) in [5.74, 6) is 1.31. The summed E-state index contributed by atoms with van der Waals surface area (Å²) in [5.41, 5.74) is 0.572. The van der Waals surface area contributed by atoms with Crippen LogP contribution in [0.25, 0.3) is 0 Å². The molecule has 7 nitrogen and oxygen atoms in total. The zero-order chi connectivity index (χ0) is 22.5. The lowest BCUT2D eigenvalue weighted by Gasteiger charge is -2.35. The second-order valence-corrected chi connectivity index (χ2v) is 8.75. The standard InChI is InChI=1S/C24H28N2O5S/c1-29-22-14-20(32-2)8-9-21(22)23(27)25-12-10-17(11-13-25)26-15-19(31-24(26)28)16-30-18-6-4-3-5-7-18/h3-9,14,17,19H,10-13,15-16H2,1-2H3. The molecule has 2 saturated heterocycles. The Kier molecular flexibility index (Phi) is 7.09. The van der Waals surface area contributed by atoms with Crippen molar-refractivity contribution < 1.29 is 23.8 Å². The van der Waals surface area contributed by atoms with Crippen molar-refractivity contribution >= 4 is 23.8 Å². The molecule has 0 bridgehead atoms. The summed E-state index contributed by atoms with van der Waals surface area (Å²) < 4.78 is 16.7. The third-order valence-corrected chi connectivity index (χ3v) is 6.64. The number of nitrogens with zero attached hydrogens (tertiary/aromatic N) is 2. The third kappa shape index (κ3) is 4.96. The smallest absolute Gasteiger partial charge is 0.410 e. The summed E-state index contributed by atoms with van der Waals surface area (Å²) in [6.45, 7) is 2.02. The Morgan fingerprint density at radius 1 is 1.16 bits per heavy atom. The van der Waals surface area contributed by atoms with E-state index < -0.39 is 0 Å². The van der Waals surface area contributed by atoms with Gasteiger partial charge in [-0.2, -0.15) is 0 Å². The molecule has 2 heterocycles. The lowest BCUT2D eigenvalue weighted by Crippen LogP contribution is -2.47. The number of ether oxygens (including phenoxy) is 3. The van der Waals surface area contributed by atoms with Gasteiger partial charge in [0.25, 0.3) is 5.91 Å². The van der Waals surface area contributed by atoms with Crippen molar-refractivity contribution in [3.63, 3.8) is 0 Å². The third-order valence-electron chi connectivity index (χ3n) is 5.91. The van der Waals surface area contributed by atoms with E-state index in [0.29, 0.717) is 37.6 Å². The van der Waals surface area contributed by atoms with E-state index in [9.17, 15) is 9.59 Å². The van der Waals surface area contributed by atoms with Crippen LogP contribution in [0.5, 0.6) is 11.5 Å². The molecule has 32 heavy (non-hydrogen) atoms. The first kappa shape index (κ1) is 22.3. The summed E-state index contributed by atoms with van der Waals surface area (Å²) in [7, 11) is 1.58. The van der Waals surface area contributed by atoms with Crippen molar-refractivity contribution in [2.45, 2.75) is 29.9 Å². The molecule has 2 aliphatic rings. The van der Waals surface area contributed by atoms with Gasteiger partial charge in [0, 0.05) is 24.0 Å². The molecule has 0 spiro atoms. The lowest BCUT2D eigenvalue weighted by molar-refractivity contribution is 0.0655. The average molecular weight is 457 g/mol. The number of thioether (sulfide) groups is 1. The minimum Gasteiger partial charge on any atom is -0.496 e. The predicted molar refractivity (Wildman–Crippen MR) is 123 cm³/mol. The summed E-state index contributed by atoms with van der Waals surface area (Å²) in [6, 6.07) is 15.2. The molecule has 1 unspecified atom stereocenters. The Hall–Kier alpha value is -2.87. The fourth-order valence-corrected chi connectivity index (χ4v) is 4.59. The van der Waals surface area contributed by atoms with Gasteiger partial charge >= 0.3 is 6.09 Å². The topological polar surface area (TPSA) is 68.3 Å². The summed E-state index contributed by atoms with van der Waals surface area (Å²) in [5, 5.41) is 0. The molecule has 0 aromatic heterocycles. The normalized spacial score (nSPS) is 19.1. The highest BCUT2D eigenvalue weighted by molar-refractivity contribution is 7.98. The van der Waals surface area contributed by atoms with Crippen molar-refractivity contribution in [1.82, 2.24) is 9.80 Å². The van der Waals surface area contributed by atoms with Gasteiger partial charge in [0.2, 0.25) is 0 Å². The molecule has 8 heteroatoms. The number of rotatable bonds is 7. The zero-order valence-corrected chi connectivity index (χ0v) is 19.2. The lowest BCUT2D eigenvalue weighted by atomic mass is 10.0. The molecule has 0 radical (unpaired) electrons. The maximum absolute atomic E-state index is 13.1. The number of carbonyl (C=O) groups is 2. The van der Waals surface area contributed by atoms with Crippen LogP contribution in [-0.2, 0) is 4.74 Å². The first-order valence-electron chi connectivity index (χ1n) is 10.8. The molecule has 170 valence electrons. The number of hydrogen-bond acceptors (Lipinski definition) is 6. The SMILES string of the molecule is COc1cc(SC)ccc1C(=O)N1CCC(N2CC(COc3ccccc3)OC2=O)CC1. The fraction of sp³-hybridized carbons (Fsp3) is 0.417. The Morgan fingerprint density at radius 3 is 2.59 bits per heavy atom. The number of likely N-dealkylation sites (tertiary alicyclic amines) is 1. The van der Waals surface area contributed by atoms with Gasteiger partial charge in [0.15, 0.2) is 6.10 Å². The summed E-state index contributed by atoms with van der Waals surface area (Å²) in [6.07, 6.45) is 2.84. The molecule has 2 aromatic rings. The molecule has 2 amide bonds. The number of cyclic esters (lactones) is 1. The number of methoxy groups -OCH3 is 1. The van der Waals surface area contributed by atoms with Crippen LogP contribution in [0.15, 0.2) is 53.4 Å². The molecular weight excluding hydrogens is 428 g/mol. The van der Waals surface area contributed by atoms with Gasteiger partial charge in [-0.15, -0.1) is 11.8 Å². The van der Waals surface area contributed by atoms with E-state index in [0.717, 1.165) is 23.5 Å². The highest BCUT2D eigenvalue weighted by atomic mass is 32.2. The van der Waals surface area contributed by atoms with Crippen LogP contribution in [0, 0.1) is 0 Å². The molecule has 1 atom stereocenters. The second-order valence-electron chi connectivity index (χ2n) is 7.87. The maximum Gasteiger partial charge on any atom is 0.410 e. The first-order chi connectivity index (χ1) is 15.6. The minimum absolute atomic E-state index is 0.0360. The molecule has 2 fully saturated rings. The van der Waals surface area contributed by atoms with Gasteiger partial charge in [-0.25, -0.2) is 4.79 Å². The number of hydrogen-bond donors (Lipinski definition) is 0. The van der Waals surface area contributed by atoms with Crippen LogP contribution in [0.4, 0.5) is 4.79 Å². The second kappa shape index (κ2) is 10.2. The fourth-order valence-electron chi connectivity index (χ4n) is 4.16. The Balaban J connectivity index is 1.30. The van der Waals surface area contributed by atoms with E-state index in [1.165, 1.54) is 0 Å². The van der Waals surface area contributed by atoms with Crippen LogP contribution in [-0.4, -0.2) is 73.6 Å². The van der Waals surface area contributed by atoms with Crippen molar-refractivity contribution in [2.75, 3.05) is 39.6 Å². The molecule has 2 aromatic carbocycles. The van der Waals surface area contributed by atoms with Crippen molar-refractivity contribution in [3.8, 4) is 11.5 Å². The first-order valence-corrected chi connectivity index (χ1v) is 12.0. The Bertz CT molecular complexity index is 947. The van der Waals surface area contributed by atoms with Crippen molar-refractivity contribution in [2.24, 2.45) is 0 Å². The highest BCUT2D eigenvalue weighted by Gasteiger charge is 2.38. The van der Waals surface area contributed by atoms with Crippen LogP contribution < -0.4 is 9.47 Å². The van der Waals surface area contributed by atoms with E-state index in [-0.39, 0.29) is 24.1 Å². The largest absolute Gasteiger partial charge is 0.496 e. The number of para-hydroxylation sites is 1. The zero-order valence-electron chi connectivity index (χ0n) is 18.4. The number of carbonyl (C=O) groups excluding carboxylic acids is 2. The Morgan fingerprint density at radius 2 is 1.91 bits per heavy atom. The Labute approximate surface area is 192 Å². The molecule has 0 saturated carbocycles. The maximum atomic E-state index is 13.1. The average Bonchev–Trinajstić information content (AvgIpc) is 3.23. The van der Waals surface area contributed by atoms with E-state index in [1.807, 2.05) is 59.7 Å². The van der Waals surface area contributed by atoms with Crippen LogP contribution in [0.1, 0.15) is 23.2 Å². The van der Waals surface area contributed by atoms with Crippen molar-refractivity contribution in [1.29, 1.82) is 0 Å². The van der Waals surface area contributed by atoms with Gasteiger partial charge in [0.05, 0.1) is 19.2 Å². The van der Waals surface area contributed by atoms with Gasteiger partial charge < -0.3 is 24.0 Å². The highest BCUT2D eigenvalue weighted by Crippen LogP contribution is 2.29. The molecule has 0 aliphatic carbocycles. The van der Waals surface area contributed by atoms with Crippen LogP contribution >= 0.6 is 11.8 Å². The summed E-state index contributed by atoms with van der Waals surface area (Å²) in [4.78, 5) is 30.2. The quantitative estimate of drug-likeness (QED) is 0.589. The van der Waals surface area contributed by atoms with E-state index in [4.69, 9.17) is 14.2 Å². The molecule has 0 N–H and O–H groups in total. The van der Waals surface area contributed by atoms with E-state index in [1.54, 1.807) is 23.8 Å². The monoisotopic (exact) mass is 456 g/mol. The van der Waals surface area contributed by atoms with Gasteiger partial charge in [0.1, 0.15) is 18.1 Å². The van der Waals surface area contributed by atoms with Gasteiger partial charge in [-0.3, -0.25) is 4.79 Å². The molecular formula is C24H28N2O5S. The summed E-state index contributed by atoms with van der Waals surface area (Å²) >= 11 is 1.61. The van der Waals surface area contributed by atoms with Gasteiger partial charge in [-0.05, 0) is 49.4 Å². The number of amides is 2. The number of benzene rings is 2. The van der Waals surface area contributed by atoms with Crippen molar-refractivity contribution in [3.05, 3.63) is 54.1 Å². The number of piperidine rings is 1. The minimum atomic E-state index is -0.300. The van der Waals surface area contributed by atoms with Crippen LogP contribution in [0.3, 0.4) is 0 Å². The molecule has 2 aliphatic heterocycles. The van der Waals surface area contributed by atoms with Crippen LogP contribution in [0.2, 0.25) is 0 Å². The van der Waals surface area contributed by atoms with E-state index in [2.05, 4.69) is 0 Å². The van der Waals surface area contributed by atoms with Gasteiger partial charge in [-0.1, -0.05) is 18.2 Å². The van der Waals surface area contributed by atoms with E-state index >= 15 is 0 Å².